The molecule has 0 fully saturated rings. The molecule has 0 aliphatic rings. The van der Waals surface area contributed by atoms with Gasteiger partial charge in [0.25, 0.3) is 0 Å². The fourth-order valence-electron chi connectivity index (χ4n) is 1.43. The van der Waals surface area contributed by atoms with Crippen LogP contribution in [0.4, 0.5) is 8.78 Å². The first-order chi connectivity index (χ1) is 9.19. The SMILES string of the molecule is CC(=O)C=Cc1cccc(OCCF)c1OCCF. The summed E-state index contributed by atoms with van der Waals surface area (Å²) in [5, 5.41) is 0. The lowest BCUT2D eigenvalue weighted by atomic mass is 10.1. The van der Waals surface area contributed by atoms with Gasteiger partial charge in [-0.15, -0.1) is 0 Å². The van der Waals surface area contributed by atoms with Crippen molar-refractivity contribution in [1.82, 2.24) is 0 Å². The van der Waals surface area contributed by atoms with Crippen LogP contribution >= 0.6 is 0 Å². The second-order valence-corrected chi connectivity index (χ2v) is 3.69. The highest BCUT2D eigenvalue weighted by Gasteiger charge is 2.09. The predicted octanol–water partition coefficient (Wildman–Crippen LogP) is 2.99. The lowest BCUT2D eigenvalue weighted by Gasteiger charge is -2.13. The first-order valence-electron chi connectivity index (χ1n) is 5.88. The molecule has 1 rings (SSSR count). The van der Waals surface area contributed by atoms with Crippen molar-refractivity contribution >= 4 is 11.9 Å². The zero-order valence-corrected chi connectivity index (χ0v) is 10.7. The number of hydrogen-bond acceptors (Lipinski definition) is 3. The molecule has 1 aromatic rings. The minimum Gasteiger partial charge on any atom is -0.487 e. The molecule has 0 bridgehead atoms. The third-order valence-electron chi connectivity index (χ3n) is 2.17. The normalized spacial score (nSPS) is 10.7. The van der Waals surface area contributed by atoms with Gasteiger partial charge >= 0.3 is 0 Å². The van der Waals surface area contributed by atoms with Crippen molar-refractivity contribution in [2.45, 2.75) is 6.92 Å². The molecule has 0 aliphatic carbocycles. The van der Waals surface area contributed by atoms with Gasteiger partial charge < -0.3 is 9.47 Å². The number of carbonyl (C=O) groups is 1. The highest BCUT2D eigenvalue weighted by Crippen LogP contribution is 2.32. The second kappa shape index (κ2) is 8.24. The van der Waals surface area contributed by atoms with Gasteiger partial charge in [-0.05, 0) is 25.1 Å². The van der Waals surface area contributed by atoms with Crippen molar-refractivity contribution in [1.29, 1.82) is 0 Å². The summed E-state index contributed by atoms with van der Waals surface area (Å²) in [5.74, 6) is 0.523. The molecular weight excluding hydrogens is 254 g/mol. The minimum absolute atomic E-state index is 0.105. The monoisotopic (exact) mass is 270 g/mol. The lowest BCUT2D eigenvalue weighted by Crippen LogP contribution is -2.05. The zero-order chi connectivity index (χ0) is 14.1. The van der Waals surface area contributed by atoms with Gasteiger partial charge in [0.1, 0.15) is 26.6 Å². The Bertz CT molecular complexity index is 444. The van der Waals surface area contributed by atoms with E-state index in [1.54, 1.807) is 24.3 Å². The maximum Gasteiger partial charge on any atom is 0.168 e. The highest BCUT2D eigenvalue weighted by molar-refractivity contribution is 5.92. The van der Waals surface area contributed by atoms with Gasteiger partial charge in [0, 0.05) is 5.56 Å². The maximum absolute atomic E-state index is 12.2. The fourth-order valence-corrected chi connectivity index (χ4v) is 1.43. The molecule has 0 amide bonds. The molecule has 0 spiro atoms. The molecule has 0 heterocycles. The number of alkyl halides is 2. The molecule has 0 unspecified atom stereocenters. The van der Waals surface area contributed by atoms with Crippen LogP contribution in [0.25, 0.3) is 6.08 Å². The van der Waals surface area contributed by atoms with E-state index in [9.17, 15) is 13.6 Å². The van der Waals surface area contributed by atoms with Crippen LogP contribution in [0.15, 0.2) is 24.3 Å². The molecule has 0 radical (unpaired) electrons. The number of para-hydroxylation sites is 1. The predicted molar refractivity (Wildman–Crippen MR) is 69.1 cm³/mol. The zero-order valence-electron chi connectivity index (χ0n) is 10.7. The molecular formula is C14H16F2O3. The molecule has 1 aromatic carbocycles. The standard InChI is InChI=1S/C14H16F2O3/c1-11(17)5-6-12-3-2-4-13(18-9-7-15)14(12)19-10-8-16/h2-6H,7-10H2,1H3. The van der Waals surface area contributed by atoms with Crippen LogP contribution in [-0.2, 0) is 4.79 Å². The number of ether oxygens (including phenoxy) is 2. The summed E-state index contributed by atoms with van der Waals surface area (Å²) < 4.78 is 34.8. The summed E-state index contributed by atoms with van der Waals surface area (Å²) in [5.41, 5.74) is 0.583. The quantitative estimate of drug-likeness (QED) is 0.681. The van der Waals surface area contributed by atoms with Gasteiger partial charge in [-0.25, -0.2) is 8.78 Å². The largest absolute Gasteiger partial charge is 0.487 e. The van der Waals surface area contributed by atoms with Crippen molar-refractivity contribution in [2.24, 2.45) is 0 Å². The molecule has 19 heavy (non-hydrogen) atoms. The van der Waals surface area contributed by atoms with Gasteiger partial charge in [0.15, 0.2) is 17.3 Å². The van der Waals surface area contributed by atoms with E-state index in [2.05, 4.69) is 0 Å². The summed E-state index contributed by atoms with van der Waals surface area (Å²) in [7, 11) is 0. The Morgan fingerprint density at radius 3 is 2.53 bits per heavy atom. The van der Waals surface area contributed by atoms with E-state index in [-0.39, 0.29) is 19.0 Å². The molecule has 104 valence electrons. The molecule has 0 N–H and O–H groups in total. The molecule has 0 saturated carbocycles. The van der Waals surface area contributed by atoms with E-state index in [0.29, 0.717) is 17.1 Å². The summed E-state index contributed by atoms with van der Waals surface area (Å²) in [4.78, 5) is 10.9. The van der Waals surface area contributed by atoms with Crippen molar-refractivity contribution in [3.05, 3.63) is 29.8 Å². The number of ketones is 1. The van der Waals surface area contributed by atoms with Crippen LogP contribution in [0, 0.1) is 0 Å². The van der Waals surface area contributed by atoms with Crippen molar-refractivity contribution < 1.29 is 23.0 Å². The molecule has 0 aromatic heterocycles. The third-order valence-corrected chi connectivity index (χ3v) is 2.17. The summed E-state index contributed by atoms with van der Waals surface area (Å²) in [6.07, 6.45) is 2.93. The second-order valence-electron chi connectivity index (χ2n) is 3.69. The van der Waals surface area contributed by atoms with Crippen molar-refractivity contribution in [3.8, 4) is 11.5 Å². The Balaban J connectivity index is 3.02. The Hall–Kier alpha value is -1.91. The van der Waals surface area contributed by atoms with Crippen molar-refractivity contribution in [3.63, 3.8) is 0 Å². The first kappa shape index (κ1) is 15.1. The molecule has 0 aliphatic heterocycles. The van der Waals surface area contributed by atoms with Crippen LogP contribution < -0.4 is 9.47 Å². The smallest absolute Gasteiger partial charge is 0.168 e. The summed E-state index contributed by atoms with van der Waals surface area (Å²) in [6.45, 7) is -0.0891. The average Bonchev–Trinajstić information content (AvgIpc) is 2.41. The number of hydrogen-bond donors (Lipinski definition) is 0. The Labute approximate surface area is 110 Å². The number of rotatable bonds is 8. The van der Waals surface area contributed by atoms with Crippen LogP contribution in [0.5, 0.6) is 11.5 Å². The Morgan fingerprint density at radius 1 is 1.21 bits per heavy atom. The topological polar surface area (TPSA) is 35.5 Å². The van der Waals surface area contributed by atoms with E-state index in [1.165, 1.54) is 13.0 Å². The molecule has 3 nitrogen and oxygen atoms in total. The Morgan fingerprint density at radius 2 is 1.89 bits per heavy atom. The third kappa shape index (κ3) is 5.07. The van der Waals surface area contributed by atoms with E-state index < -0.39 is 13.3 Å². The minimum atomic E-state index is -0.646. The van der Waals surface area contributed by atoms with E-state index >= 15 is 0 Å². The van der Waals surface area contributed by atoms with Crippen LogP contribution in [-0.4, -0.2) is 32.3 Å². The maximum atomic E-state index is 12.2. The number of allylic oxidation sites excluding steroid dienone is 1. The van der Waals surface area contributed by atoms with Crippen LogP contribution in [0.1, 0.15) is 12.5 Å². The summed E-state index contributed by atoms with van der Waals surface area (Å²) >= 11 is 0. The number of halogens is 2. The first-order valence-corrected chi connectivity index (χ1v) is 5.88. The fraction of sp³-hybridized carbons (Fsp3) is 0.357. The van der Waals surface area contributed by atoms with Gasteiger partial charge in [0.2, 0.25) is 0 Å². The van der Waals surface area contributed by atoms with Gasteiger partial charge in [-0.1, -0.05) is 12.1 Å². The summed E-state index contributed by atoms with van der Waals surface area (Å²) in [6, 6.07) is 5.00. The van der Waals surface area contributed by atoms with Crippen molar-refractivity contribution in [2.75, 3.05) is 26.6 Å². The van der Waals surface area contributed by atoms with Gasteiger partial charge in [-0.3, -0.25) is 4.79 Å². The van der Waals surface area contributed by atoms with Gasteiger partial charge in [-0.2, -0.15) is 0 Å². The molecule has 0 saturated heterocycles. The van der Waals surface area contributed by atoms with E-state index in [4.69, 9.17) is 9.47 Å². The molecule has 0 atom stereocenters. The highest BCUT2D eigenvalue weighted by atomic mass is 19.1. The average molecular weight is 270 g/mol. The van der Waals surface area contributed by atoms with E-state index in [0.717, 1.165) is 0 Å². The van der Waals surface area contributed by atoms with Crippen LogP contribution in [0.2, 0.25) is 0 Å². The Kier molecular flexibility index (Phi) is 6.57. The van der Waals surface area contributed by atoms with E-state index in [1.807, 2.05) is 0 Å². The lowest BCUT2D eigenvalue weighted by molar-refractivity contribution is -0.112. The molecule has 5 heteroatoms. The van der Waals surface area contributed by atoms with Crippen LogP contribution in [0.3, 0.4) is 0 Å². The number of benzene rings is 1. The number of carbonyl (C=O) groups excluding carboxylic acids is 1. The van der Waals surface area contributed by atoms with Gasteiger partial charge in [0.05, 0.1) is 0 Å².